The Bertz CT molecular complexity index is 558. The van der Waals surface area contributed by atoms with Crippen LogP contribution < -0.4 is 4.90 Å². The molecule has 0 aliphatic carbocycles. The van der Waals surface area contributed by atoms with Crippen LogP contribution in [0.1, 0.15) is 21.5 Å². The molecule has 0 aliphatic rings. The summed E-state index contributed by atoms with van der Waals surface area (Å²) in [4.78, 5) is 15.3. The summed E-state index contributed by atoms with van der Waals surface area (Å²) in [5.74, 6) is -0.361. The number of hydrogen-bond donors (Lipinski definition) is 1. The first-order valence-electron chi connectivity index (χ1n) is 6.55. The summed E-state index contributed by atoms with van der Waals surface area (Å²) < 4.78 is 4.83. The van der Waals surface area contributed by atoms with Gasteiger partial charge in [0.25, 0.3) is 0 Å². The highest BCUT2D eigenvalue weighted by Crippen LogP contribution is 2.34. The van der Waals surface area contributed by atoms with E-state index >= 15 is 0 Å². The molecule has 0 aromatic carbocycles. The first-order valence-corrected chi connectivity index (χ1v) is 7.37. The van der Waals surface area contributed by atoms with Gasteiger partial charge in [0.15, 0.2) is 0 Å². The third-order valence-electron chi connectivity index (χ3n) is 2.91. The maximum atomic E-state index is 11.9. The third-order valence-corrected chi connectivity index (χ3v) is 4.15. The van der Waals surface area contributed by atoms with Crippen molar-refractivity contribution in [2.45, 2.75) is 6.92 Å². The number of esters is 1. The van der Waals surface area contributed by atoms with Gasteiger partial charge in [0.05, 0.1) is 19.4 Å². The third kappa shape index (κ3) is 4.58. The fraction of sp³-hybridized carbons (Fsp3) is 0.312. The predicted octanol–water partition coefficient (Wildman–Crippen LogP) is 3.11. The summed E-state index contributed by atoms with van der Waals surface area (Å²) >= 11 is 1.39. The van der Waals surface area contributed by atoms with Crippen molar-refractivity contribution in [3.8, 4) is 0 Å². The normalized spacial score (nSPS) is 11.7. The molecule has 0 radical (unpaired) electrons. The molecule has 1 N–H and O–H groups in total. The second kappa shape index (κ2) is 8.44. The zero-order valence-corrected chi connectivity index (χ0v) is 13.4. The van der Waals surface area contributed by atoms with E-state index in [1.54, 1.807) is 6.08 Å². The Morgan fingerprint density at radius 3 is 2.81 bits per heavy atom. The lowest BCUT2D eigenvalue weighted by atomic mass is 10.2. The van der Waals surface area contributed by atoms with Gasteiger partial charge < -0.3 is 14.7 Å². The lowest BCUT2D eigenvalue weighted by Crippen LogP contribution is -2.22. The smallest absolute Gasteiger partial charge is 0.350 e. The van der Waals surface area contributed by atoms with E-state index in [4.69, 9.17) is 9.84 Å². The van der Waals surface area contributed by atoms with Gasteiger partial charge >= 0.3 is 5.97 Å². The first-order chi connectivity index (χ1) is 10.0. The molecule has 1 aromatic rings. The number of methoxy groups -OCH3 is 1. The molecule has 4 nitrogen and oxygen atoms in total. The molecule has 1 rings (SSSR count). The maximum absolute atomic E-state index is 11.9. The molecule has 0 spiro atoms. The second-order valence-electron chi connectivity index (χ2n) is 4.43. The molecule has 0 saturated heterocycles. The van der Waals surface area contributed by atoms with Crippen molar-refractivity contribution in [2.24, 2.45) is 0 Å². The van der Waals surface area contributed by atoms with Crippen LogP contribution in [0.15, 0.2) is 36.9 Å². The summed E-state index contributed by atoms with van der Waals surface area (Å²) in [7, 11) is 3.21. The zero-order chi connectivity index (χ0) is 15.8. The number of aliphatic hydroxyl groups is 1. The SMILES string of the molecule is C=CC=CC=C(C)c1cc(N(C)CCO)c(C(=O)OC)s1. The van der Waals surface area contributed by atoms with Gasteiger partial charge in [-0.15, -0.1) is 11.3 Å². The molecule has 114 valence electrons. The average Bonchev–Trinajstić information content (AvgIpc) is 2.92. The van der Waals surface area contributed by atoms with Gasteiger partial charge in [-0.25, -0.2) is 4.79 Å². The number of hydrogen-bond acceptors (Lipinski definition) is 5. The summed E-state index contributed by atoms with van der Waals surface area (Å²) in [5, 5.41) is 9.06. The number of thiophene rings is 1. The minimum absolute atomic E-state index is 0.0270. The van der Waals surface area contributed by atoms with E-state index < -0.39 is 0 Å². The van der Waals surface area contributed by atoms with Crippen LogP contribution in [0.2, 0.25) is 0 Å². The fourth-order valence-corrected chi connectivity index (χ4v) is 2.83. The molecular weight excluding hydrogens is 286 g/mol. The largest absolute Gasteiger partial charge is 0.465 e. The molecule has 0 bridgehead atoms. The van der Waals surface area contributed by atoms with Crippen molar-refractivity contribution in [3.63, 3.8) is 0 Å². The molecule has 0 fully saturated rings. The number of carbonyl (C=O) groups excluding carboxylic acids is 1. The fourth-order valence-electron chi connectivity index (χ4n) is 1.73. The number of anilines is 1. The van der Waals surface area contributed by atoms with E-state index in [0.29, 0.717) is 11.4 Å². The van der Waals surface area contributed by atoms with Crippen LogP contribution in [0.3, 0.4) is 0 Å². The molecule has 0 amide bonds. The summed E-state index contributed by atoms with van der Waals surface area (Å²) in [5.41, 5.74) is 1.82. The van der Waals surface area contributed by atoms with Crippen LogP contribution in [0.25, 0.3) is 5.57 Å². The number of likely N-dealkylation sites (N-methyl/N-ethyl adjacent to an activating group) is 1. The van der Waals surface area contributed by atoms with Gasteiger partial charge in [-0.1, -0.05) is 30.9 Å². The Hall–Kier alpha value is -1.85. The van der Waals surface area contributed by atoms with Gasteiger partial charge in [-0.3, -0.25) is 0 Å². The van der Waals surface area contributed by atoms with Crippen molar-refractivity contribution < 1.29 is 14.6 Å². The van der Waals surface area contributed by atoms with Gasteiger partial charge in [0.2, 0.25) is 0 Å². The Morgan fingerprint density at radius 2 is 2.24 bits per heavy atom. The predicted molar refractivity (Wildman–Crippen MR) is 89.0 cm³/mol. The second-order valence-corrected chi connectivity index (χ2v) is 5.48. The Kier molecular flexibility index (Phi) is 6.91. The topological polar surface area (TPSA) is 49.8 Å². The maximum Gasteiger partial charge on any atom is 0.350 e. The van der Waals surface area contributed by atoms with E-state index in [0.717, 1.165) is 16.1 Å². The van der Waals surface area contributed by atoms with Crippen LogP contribution in [0, 0.1) is 0 Å². The molecule has 0 aliphatic heterocycles. The number of carbonyl (C=O) groups is 1. The number of allylic oxidation sites excluding steroid dienone is 5. The van der Waals surface area contributed by atoms with Gasteiger partial charge in [-0.05, 0) is 18.6 Å². The van der Waals surface area contributed by atoms with Crippen molar-refractivity contribution >= 4 is 28.6 Å². The summed E-state index contributed by atoms with van der Waals surface area (Å²) in [6, 6.07) is 1.94. The number of rotatable bonds is 7. The van der Waals surface area contributed by atoms with Gasteiger partial charge in [0.1, 0.15) is 4.88 Å². The summed E-state index contributed by atoms with van der Waals surface area (Å²) in [6.07, 6.45) is 7.41. The molecule has 21 heavy (non-hydrogen) atoms. The van der Waals surface area contributed by atoms with Crippen molar-refractivity contribution in [2.75, 3.05) is 32.2 Å². The number of aliphatic hydroxyl groups excluding tert-OH is 1. The Labute approximate surface area is 129 Å². The molecule has 1 heterocycles. The van der Waals surface area contributed by atoms with Crippen LogP contribution >= 0.6 is 11.3 Å². The zero-order valence-electron chi connectivity index (χ0n) is 12.6. The van der Waals surface area contributed by atoms with E-state index in [2.05, 4.69) is 6.58 Å². The molecule has 0 atom stereocenters. The Balaban J connectivity index is 3.19. The lowest BCUT2D eigenvalue weighted by molar-refractivity contribution is 0.0607. The molecule has 0 saturated carbocycles. The highest BCUT2D eigenvalue weighted by molar-refractivity contribution is 7.15. The molecular formula is C16H21NO3S. The van der Waals surface area contributed by atoms with Crippen LogP contribution in [-0.2, 0) is 4.74 Å². The minimum Gasteiger partial charge on any atom is -0.465 e. The van der Waals surface area contributed by atoms with Crippen molar-refractivity contribution in [1.82, 2.24) is 0 Å². The molecule has 1 aromatic heterocycles. The van der Waals surface area contributed by atoms with E-state index in [-0.39, 0.29) is 12.6 Å². The molecule has 5 heteroatoms. The van der Waals surface area contributed by atoms with Gasteiger partial charge in [0, 0.05) is 18.5 Å². The summed E-state index contributed by atoms with van der Waals surface area (Å²) in [6.45, 7) is 6.09. The highest BCUT2D eigenvalue weighted by atomic mass is 32.1. The first kappa shape index (κ1) is 17.2. The Morgan fingerprint density at radius 1 is 1.52 bits per heavy atom. The van der Waals surface area contributed by atoms with E-state index in [1.165, 1.54) is 18.4 Å². The standard InChI is InChI=1S/C16H21NO3S/c1-5-6-7-8-12(2)14-11-13(17(3)9-10-18)15(21-14)16(19)20-4/h5-8,11,18H,1,9-10H2,2-4H3. The van der Waals surface area contributed by atoms with E-state index in [9.17, 15) is 4.79 Å². The van der Waals surface area contributed by atoms with Crippen molar-refractivity contribution in [3.05, 3.63) is 46.7 Å². The highest BCUT2D eigenvalue weighted by Gasteiger charge is 2.19. The van der Waals surface area contributed by atoms with Crippen molar-refractivity contribution in [1.29, 1.82) is 0 Å². The van der Waals surface area contributed by atoms with E-state index in [1.807, 2.05) is 43.2 Å². The quantitative estimate of drug-likeness (QED) is 0.621. The average molecular weight is 307 g/mol. The minimum atomic E-state index is -0.361. The monoisotopic (exact) mass is 307 g/mol. The lowest BCUT2D eigenvalue weighted by Gasteiger charge is -2.17. The number of ether oxygens (including phenoxy) is 1. The van der Waals surface area contributed by atoms with Crippen LogP contribution in [0.5, 0.6) is 0 Å². The van der Waals surface area contributed by atoms with Crippen LogP contribution in [0.4, 0.5) is 5.69 Å². The molecule has 0 unspecified atom stereocenters. The van der Waals surface area contributed by atoms with Gasteiger partial charge in [-0.2, -0.15) is 0 Å². The number of nitrogens with zero attached hydrogens (tertiary/aromatic N) is 1. The van der Waals surface area contributed by atoms with Crippen LogP contribution in [-0.4, -0.2) is 38.4 Å².